The van der Waals surface area contributed by atoms with Gasteiger partial charge in [0, 0.05) is 30.4 Å². The third-order valence-corrected chi connectivity index (χ3v) is 9.37. The first kappa shape index (κ1) is 20.6. The number of hydrogen-bond acceptors (Lipinski definition) is 4. The van der Waals surface area contributed by atoms with E-state index in [9.17, 15) is 13.2 Å². The zero-order chi connectivity index (χ0) is 20.8. The predicted octanol–water partition coefficient (Wildman–Crippen LogP) is 3.91. The Morgan fingerprint density at radius 2 is 1.83 bits per heavy atom. The maximum atomic E-state index is 13.2. The second-order valence-electron chi connectivity index (χ2n) is 8.20. The van der Waals surface area contributed by atoms with E-state index in [-0.39, 0.29) is 17.9 Å². The molecule has 1 aromatic carbocycles. The van der Waals surface area contributed by atoms with Crippen molar-refractivity contribution in [2.75, 3.05) is 19.6 Å². The summed E-state index contributed by atoms with van der Waals surface area (Å²) >= 11 is 1.77. The van der Waals surface area contributed by atoms with Gasteiger partial charge in [0.1, 0.15) is 0 Å². The Balaban J connectivity index is 1.43. The van der Waals surface area contributed by atoms with Gasteiger partial charge in [-0.2, -0.15) is 4.31 Å². The minimum absolute atomic E-state index is 0.0943. The van der Waals surface area contributed by atoms with E-state index in [1.807, 2.05) is 30.9 Å². The van der Waals surface area contributed by atoms with Crippen molar-refractivity contribution in [3.8, 4) is 0 Å². The van der Waals surface area contributed by atoms with Crippen molar-refractivity contribution in [3.05, 3.63) is 51.2 Å². The molecule has 0 bridgehead atoms. The van der Waals surface area contributed by atoms with Gasteiger partial charge in [-0.3, -0.25) is 4.79 Å². The molecule has 5 nitrogen and oxygen atoms in total. The zero-order valence-corrected chi connectivity index (χ0v) is 18.9. The summed E-state index contributed by atoms with van der Waals surface area (Å²) in [5.74, 6) is 0.0844. The molecule has 7 heteroatoms. The Bertz CT molecular complexity index is 1020. The van der Waals surface area contributed by atoms with Crippen LogP contribution in [0.25, 0.3) is 0 Å². The third kappa shape index (κ3) is 3.76. The van der Waals surface area contributed by atoms with E-state index in [1.54, 1.807) is 21.7 Å². The van der Waals surface area contributed by atoms with Gasteiger partial charge < -0.3 is 4.90 Å². The van der Waals surface area contributed by atoms with Crippen molar-refractivity contribution < 1.29 is 13.2 Å². The fraction of sp³-hybridized carbons (Fsp3) is 0.500. The largest absolute Gasteiger partial charge is 0.335 e. The summed E-state index contributed by atoms with van der Waals surface area (Å²) in [4.78, 5) is 16.9. The first-order valence-corrected chi connectivity index (χ1v) is 12.5. The molecule has 1 aromatic heterocycles. The number of rotatable bonds is 3. The predicted molar refractivity (Wildman–Crippen MR) is 116 cm³/mol. The van der Waals surface area contributed by atoms with Crippen LogP contribution in [0.4, 0.5) is 0 Å². The molecular weight excluding hydrogens is 404 g/mol. The molecule has 1 atom stereocenters. The molecule has 4 rings (SSSR count). The van der Waals surface area contributed by atoms with Crippen LogP contribution in [0.5, 0.6) is 0 Å². The topological polar surface area (TPSA) is 57.7 Å². The van der Waals surface area contributed by atoms with E-state index in [0.29, 0.717) is 30.8 Å². The summed E-state index contributed by atoms with van der Waals surface area (Å²) in [7, 11) is -3.52. The number of fused-ring (bicyclic) bond motifs is 1. The molecule has 0 aliphatic carbocycles. The smallest absolute Gasteiger partial charge is 0.243 e. The summed E-state index contributed by atoms with van der Waals surface area (Å²) in [6.07, 6.45) is 2.09. The average Bonchev–Trinajstić information content (AvgIpc) is 3.17. The van der Waals surface area contributed by atoms with E-state index in [1.165, 1.54) is 10.4 Å². The number of aryl methyl sites for hydroxylation is 2. The molecule has 0 spiro atoms. The fourth-order valence-electron chi connectivity index (χ4n) is 4.62. The number of carbonyl (C=O) groups is 1. The maximum Gasteiger partial charge on any atom is 0.243 e. The van der Waals surface area contributed by atoms with Crippen LogP contribution in [0, 0.1) is 19.8 Å². The SMILES string of the molecule is Cc1ccc(S(=O)(=O)N2CCC(C(=O)N3CCc4sccc4[C@H]3C)CC2)c(C)c1. The number of thiophene rings is 1. The van der Waals surface area contributed by atoms with Crippen molar-refractivity contribution in [2.24, 2.45) is 5.92 Å². The van der Waals surface area contributed by atoms with Gasteiger partial charge in [-0.05, 0) is 68.7 Å². The van der Waals surface area contributed by atoms with Crippen LogP contribution < -0.4 is 0 Å². The van der Waals surface area contributed by atoms with Gasteiger partial charge in [-0.1, -0.05) is 17.7 Å². The lowest BCUT2D eigenvalue weighted by Crippen LogP contribution is -2.46. The van der Waals surface area contributed by atoms with E-state index in [0.717, 1.165) is 24.1 Å². The standard InChI is InChI=1S/C22H28N2O3S2/c1-15-4-5-21(16(2)14-15)29(26,27)23-10-6-18(7-11-23)22(25)24-12-8-20-19(17(24)3)9-13-28-20/h4-5,9,13-14,17-18H,6-8,10-12H2,1-3H3/t17-/m1/s1. The zero-order valence-electron chi connectivity index (χ0n) is 17.2. The first-order valence-electron chi connectivity index (χ1n) is 10.2. The molecule has 1 fully saturated rings. The Morgan fingerprint density at radius 1 is 1.10 bits per heavy atom. The molecule has 0 N–H and O–H groups in total. The van der Waals surface area contributed by atoms with Crippen molar-refractivity contribution in [2.45, 2.75) is 51.0 Å². The highest BCUT2D eigenvalue weighted by molar-refractivity contribution is 7.89. The normalized spacial score (nSPS) is 21.2. The molecule has 1 amide bonds. The fourth-order valence-corrected chi connectivity index (χ4v) is 7.25. The van der Waals surface area contributed by atoms with E-state index >= 15 is 0 Å². The second kappa shape index (κ2) is 7.85. The third-order valence-electron chi connectivity index (χ3n) is 6.31. The number of benzene rings is 1. The Kier molecular flexibility index (Phi) is 5.57. The lowest BCUT2D eigenvalue weighted by atomic mass is 9.93. The quantitative estimate of drug-likeness (QED) is 0.739. The summed E-state index contributed by atoms with van der Waals surface area (Å²) in [5, 5.41) is 2.10. The van der Waals surface area contributed by atoms with Crippen LogP contribution >= 0.6 is 11.3 Å². The minimum Gasteiger partial charge on any atom is -0.335 e. The molecule has 0 unspecified atom stereocenters. The number of nitrogens with zero attached hydrogens (tertiary/aromatic N) is 2. The number of hydrogen-bond donors (Lipinski definition) is 0. The van der Waals surface area contributed by atoms with Crippen LogP contribution in [0.1, 0.15) is 47.4 Å². The highest BCUT2D eigenvalue weighted by Crippen LogP contribution is 2.35. The molecule has 3 heterocycles. The molecule has 0 saturated carbocycles. The van der Waals surface area contributed by atoms with Crippen molar-refractivity contribution in [1.82, 2.24) is 9.21 Å². The lowest BCUT2D eigenvalue weighted by molar-refractivity contribution is -0.139. The molecule has 2 aliphatic heterocycles. The van der Waals surface area contributed by atoms with Gasteiger partial charge in [0.25, 0.3) is 0 Å². The van der Waals surface area contributed by atoms with Crippen LogP contribution in [-0.4, -0.2) is 43.2 Å². The lowest BCUT2D eigenvalue weighted by Gasteiger charge is -2.38. The van der Waals surface area contributed by atoms with Gasteiger partial charge >= 0.3 is 0 Å². The van der Waals surface area contributed by atoms with E-state index < -0.39 is 10.0 Å². The van der Waals surface area contributed by atoms with Gasteiger partial charge in [0.05, 0.1) is 10.9 Å². The van der Waals surface area contributed by atoms with E-state index in [4.69, 9.17) is 0 Å². The summed E-state index contributed by atoms with van der Waals surface area (Å²) < 4.78 is 27.7. The highest BCUT2D eigenvalue weighted by Gasteiger charge is 2.37. The van der Waals surface area contributed by atoms with Crippen LogP contribution in [0.2, 0.25) is 0 Å². The Hall–Kier alpha value is -1.70. The minimum atomic E-state index is -3.52. The first-order chi connectivity index (χ1) is 13.8. The van der Waals surface area contributed by atoms with Crippen LogP contribution in [0.3, 0.4) is 0 Å². The summed E-state index contributed by atoms with van der Waals surface area (Å²) in [5.41, 5.74) is 3.09. The molecule has 1 saturated heterocycles. The molecule has 0 radical (unpaired) electrons. The van der Waals surface area contributed by atoms with Gasteiger partial charge in [-0.15, -0.1) is 11.3 Å². The number of amides is 1. The Labute approximate surface area is 177 Å². The monoisotopic (exact) mass is 432 g/mol. The number of piperidine rings is 1. The maximum absolute atomic E-state index is 13.2. The Morgan fingerprint density at radius 3 is 2.52 bits per heavy atom. The molecular formula is C22H28N2O3S2. The van der Waals surface area contributed by atoms with Crippen molar-refractivity contribution >= 4 is 27.3 Å². The number of carbonyl (C=O) groups excluding carboxylic acids is 1. The van der Waals surface area contributed by atoms with Crippen LogP contribution in [0.15, 0.2) is 34.5 Å². The number of sulfonamides is 1. The molecule has 2 aliphatic rings. The summed E-state index contributed by atoms with van der Waals surface area (Å²) in [6.45, 7) is 7.46. The molecule has 2 aromatic rings. The van der Waals surface area contributed by atoms with E-state index in [2.05, 4.69) is 18.4 Å². The summed E-state index contributed by atoms with van der Waals surface area (Å²) in [6, 6.07) is 7.68. The van der Waals surface area contributed by atoms with Crippen molar-refractivity contribution in [1.29, 1.82) is 0 Å². The second-order valence-corrected chi connectivity index (χ2v) is 11.1. The van der Waals surface area contributed by atoms with Gasteiger partial charge in [0.2, 0.25) is 15.9 Å². The average molecular weight is 433 g/mol. The van der Waals surface area contributed by atoms with Crippen molar-refractivity contribution in [3.63, 3.8) is 0 Å². The van der Waals surface area contributed by atoms with Gasteiger partial charge in [-0.25, -0.2) is 8.42 Å². The molecule has 156 valence electrons. The highest BCUT2D eigenvalue weighted by atomic mass is 32.2. The van der Waals surface area contributed by atoms with Crippen LogP contribution in [-0.2, 0) is 21.2 Å². The molecule has 29 heavy (non-hydrogen) atoms. The van der Waals surface area contributed by atoms with Gasteiger partial charge in [0.15, 0.2) is 0 Å².